The Kier molecular flexibility index (Phi) is 4.88. The van der Waals surface area contributed by atoms with Crippen LogP contribution in [0.5, 0.6) is 0 Å². The van der Waals surface area contributed by atoms with Crippen molar-refractivity contribution in [3.8, 4) is 0 Å². The Balaban J connectivity index is 1.89. The summed E-state index contributed by atoms with van der Waals surface area (Å²) in [5.74, 6) is 0.0684. The average Bonchev–Trinajstić information content (AvgIpc) is 3.16. The normalized spacial score (nSPS) is 11.9. The molecule has 2 aromatic heterocycles. The number of aryl methyl sites for hydroxylation is 1. The van der Waals surface area contributed by atoms with Gasteiger partial charge in [0.25, 0.3) is 15.9 Å². The summed E-state index contributed by atoms with van der Waals surface area (Å²) in [6.07, 6.45) is 3.65. The second-order valence-corrected chi connectivity index (χ2v) is 8.51. The molecule has 0 fully saturated rings. The lowest BCUT2D eigenvalue weighted by molar-refractivity contribution is 0.430. The van der Waals surface area contributed by atoms with Gasteiger partial charge in [-0.1, -0.05) is 47.6 Å². The molecule has 0 radical (unpaired) electrons. The van der Waals surface area contributed by atoms with Crippen LogP contribution in [0.15, 0.2) is 55.0 Å². The average molecular weight is 425 g/mol. The highest BCUT2D eigenvalue weighted by atomic mass is 79.9. The number of hydrogen-bond acceptors (Lipinski definition) is 5. The number of sulfonamides is 1. The third-order valence-electron chi connectivity index (χ3n) is 3.18. The molecule has 0 saturated heterocycles. The van der Waals surface area contributed by atoms with Crippen molar-refractivity contribution in [2.45, 2.75) is 11.1 Å². The Morgan fingerprint density at radius 1 is 1.21 bits per heavy atom. The van der Waals surface area contributed by atoms with E-state index in [2.05, 4.69) is 25.8 Å². The molecule has 0 aliphatic heterocycles. The third kappa shape index (κ3) is 3.61. The molecule has 24 heavy (non-hydrogen) atoms. The molecule has 124 valence electrons. The number of rotatable bonds is 5. The second kappa shape index (κ2) is 6.92. The molecule has 1 N–H and O–H groups in total. The molecule has 2 heterocycles. The minimum absolute atomic E-state index is 0.0684. The van der Waals surface area contributed by atoms with Crippen LogP contribution in [0.1, 0.15) is 16.8 Å². The summed E-state index contributed by atoms with van der Waals surface area (Å²) >= 11 is 4.40. The van der Waals surface area contributed by atoms with E-state index >= 15 is 0 Å². The number of halogens is 1. The van der Waals surface area contributed by atoms with E-state index in [-0.39, 0.29) is 10.1 Å². The molecule has 1 aromatic carbocycles. The molecular weight excluding hydrogens is 412 g/mol. The highest BCUT2D eigenvalue weighted by Gasteiger charge is 2.23. The van der Waals surface area contributed by atoms with Gasteiger partial charge >= 0.3 is 0 Å². The van der Waals surface area contributed by atoms with Crippen LogP contribution < -0.4 is 4.72 Å². The Morgan fingerprint density at radius 2 is 1.96 bits per heavy atom. The van der Waals surface area contributed by atoms with Crippen LogP contribution in [0, 0.1) is 6.92 Å². The highest BCUT2D eigenvalue weighted by molar-refractivity contribution is 9.10. The van der Waals surface area contributed by atoms with Gasteiger partial charge in [-0.15, -0.1) is 11.3 Å². The summed E-state index contributed by atoms with van der Waals surface area (Å²) in [4.78, 5) is 0. The lowest BCUT2D eigenvalue weighted by Gasteiger charge is -2.04. The van der Waals surface area contributed by atoms with E-state index in [4.69, 9.17) is 4.52 Å². The molecule has 0 spiro atoms. The highest BCUT2D eigenvalue weighted by Crippen LogP contribution is 2.31. The van der Waals surface area contributed by atoms with Crippen LogP contribution in [-0.4, -0.2) is 13.6 Å². The molecule has 0 bridgehead atoms. The van der Waals surface area contributed by atoms with Gasteiger partial charge in [0.15, 0.2) is 0 Å². The van der Waals surface area contributed by atoms with Gasteiger partial charge in [-0.3, -0.25) is 0 Å². The predicted octanol–water partition coefficient (Wildman–Crippen LogP) is 4.78. The van der Waals surface area contributed by atoms with Crippen molar-refractivity contribution in [3.63, 3.8) is 0 Å². The van der Waals surface area contributed by atoms with E-state index in [1.165, 1.54) is 0 Å². The summed E-state index contributed by atoms with van der Waals surface area (Å²) < 4.78 is 33.4. The van der Waals surface area contributed by atoms with Crippen molar-refractivity contribution >= 4 is 55.3 Å². The molecule has 3 rings (SSSR count). The maximum atomic E-state index is 12.6. The number of nitrogens with one attached hydrogen (secondary N) is 1. The van der Waals surface area contributed by atoms with Crippen molar-refractivity contribution in [3.05, 3.63) is 63.1 Å². The molecule has 5 nitrogen and oxygen atoms in total. The molecule has 0 amide bonds. The van der Waals surface area contributed by atoms with Gasteiger partial charge in [0.2, 0.25) is 0 Å². The summed E-state index contributed by atoms with van der Waals surface area (Å²) in [6, 6.07) is 11.4. The smallest absolute Gasteiger partial charge is 0.274 e. The van der Waals surface area contributed by atoms with Crippen LogP contribution in [0.3, 0.4) is 0 Å². The fourth-order valence-corrected chi connectivity index (χ4v) is 4.69. The third-order valence-corrected chi connectivity index (χ3v) is 6.96. The Bertz CT molecular complexity index is 976. The number of thiophene rings is 1. The number of anilines is 1. The minimum Gasteiger partial charge on any atom is -0.336 e. The largest absolute Gasteiger partial charge is 0.336 e. The predicted molar refractivity (Wildman–Crippen MR) is 99.4 cm³/mol. The van der Waals surface area contributed by atoms with E-state index in [0.717, 1.165) is 16.9 Å². The molecule has 0 atom stereocenters. The van der Waals surface area contributed by atoms with E-state index in [1.54, 1.807) is 24.4 Å². The monoisotopic (exact) mass is 424 g/mol. The zero-order valence-corrected chi connectivity index (χ0v) is 15.8. The van der Waals surface area contributed by atoms with E-state index < -0.39 is 10.0 Å². The summed E-state index contributed by atoms with van der Waals surface area (Å²) in [5, 5.41) is 5.46. The molecule has 0 aliphatic rings. The first-order chi connectivity index (χ1) is 11.5. The first-order valence-corrected chi connectivity index (χ1v) is 10.1. The zero-order chi connectivity index (χ0) is 17.2. The fraction of sp³-hybridized carbons (Fsp3) is 0.0625. The van der Waals surface area contributed by atoms with Crippen LogP contribution in [0.4, 0.5) is 5.88 Å². The van der Waals surface area contributed by atoms with Crippen LogP contribution >= 0.6 is 27.3 Å². The molecular formula is C16H13BrN2O3S2. The summed E-state index contributed by atoms with van der Waals surface area (Å²) in [6.45, 7) is 1.71. The fourth-order valence-electron chi connectivity index (χ4n) is 1.99. The van der Waals surface area contributed by atoms with Gasteiger partial charge in [0.1, 0.15) is 8.68 Å². The van der Waals surface area contributed by atoms with Gasteiger partial charge in [0, 0.05) is 5.56 Å². The maximum Gasteiger partial charge on any atom is 0.274 e. The Labute approximate surface area is 152 Å². The lowest BCUT2D eigenvalue weighted by Crippen LogP contribution is -2.12. The lowest BCUT2D eigenvalue weighted by atomic mass is 10.2. The van der Waals surface area contributed by atoms with Crippen molar-refractivity contribution in [1.29, 1.82) is 0 Å². The SMILES string of the molecule is Cc1noc(NS(=O)(=O)c2sccc2/C=C/c2ccccc2)c1Br. The standard InChI is InChI=1S/C16H13BrN2O3S2/c1-11-14(17)15(22-18-11)19-24(20,21)16-13(9-10-23-16)8-7-12-5-3-2-4-6-12/h2-10,19H,1H3/b8-7+. The van der Waals surface area contributed by atoms with Crippen LogP contribution in [0.2, 0.25) is 0 Å². The van der Waals surface area contributed by atoms with Gasteiger partial charge in [-0.25, -0.2) is 13.1 Å². The number of hydrogen-bond donors (Lipinski definition) is 1. The van der Waals surface area contributed by atoms with Crippen molar-refractivity contribution in [2.75, 3.05) is 4.72 Å². The molecule has 0 aliphatic carbocycles. The van der Waals surface area contributed by atoms with Crippen molar-refractivity contribution in [1.82, 2.24) is 5.16 Å². The van der Waals surface area contributed by atoms with E-state index in [0.29, 0.717) is 15.7 Å². The Hall–Kier alpha value is -1.90. The first kappa shape index (κ1) is 16.9. The minimum atomic E-state index is -3.76. The summed E-state index contributed by atoms with van der Waals surface area (Å²) in [5.41, 5.74) is 2.18. The second-order valence-electron chi connectivity index (χ2n) is 4.92. The Morgan fingerprint density at radius 3 is 2.62 bits per heavy atom. The van der Waals surface area contributed by atoms with Gasteiger partial charge < -0.3 is 4.52 Å². The topological polar surface area (TPSA) is 72.2 Å². The molecule has 0 saturated carbocycles. The van der Waals surface area contributed by atoms with E-state index in [1.807, 2.05) is 36.4 Å². The molecule has 8 heteroatoms. The molecule has 0 unspecified atom stereocenters. The van der Waals surface area contributed by atoms with Gasteiger partial charge in [-0.2, -0.15) is 0 Å². The first-order valence-electron chi connectivity index (χ1n) is 6.92. The number of nitrogens with zero attached hydrogens (tertiary/aromatic N) is 1. The summed E-state index contributed by atoms with van der Waals surface area (Å²) in [7, 11) is -3.76. The van der Waals surface area contributed by atoms with Crippen LogP contribution in [-0.2, 0) is 10.0 Å². The van der Waals surface area contributed by atoms with Gasteiger partial charge in [0.05, 0.1) is 5.69 Å². The maximum absolute atomic E-state index is 12.6. The van der Waals surface area contributed by atoms with Gasteiger partial charge in [-0.05, 0) is 39.9 Å². The number of benzene rings is 1. The van der Waals surface area contributed by atoms with Crippen molar-refractivity contribution < 1.29 is 12.9 Å². The quantitative estimate of drug-likeness (QED) is 0.639. The number of aromatic nitrogens is 1. The van der Waals surface area contributed by atoms with Crippen molar-refractivity contribution in [2.24, 2.45) is 0 Å². The van der Waals surface area contributed by atoms with Crippen LogP contribution in [0.25, 0.3) is 12.2 Å². The molecule has 3 aromatic rings. The van der Waals surface area contributed by atoms with E-state index in [9.17, 15) is 8.42 Å². The zero-order valence-electron chi connectivity index (χ0n) is 12.6.